The molecule has 0 radical (unpaired) electrons. The van der Waals surface area contributed by atoms with Gasteiger partial charge in [0.05, 0.1) is 0 Å². The molecule has 0 N–H and O–H groups in total. The van der Waals surface area contributed by atoms with Gasteiger partial charge in [0.2, 0.25) is 0 Å². The van der Waals surface area contributed by atoms with Crippen LogP contribution < -0.4 is 0 Å². The van der Waals surface area contributed by atoms with E-state index in [1.807, 2.05) is 11.9 Å². The van der Waals surface area contributed by atoms with Crippen LogP contribution in [0.1, 0.15) is 6.42 Å². The van der Waals surface area contributed by atoms with Crippen LogP contribution in [-0.2, 0) is 0 Å². The highest BCUT2D eigenvalue weighted by Crippen LogP contribution is 2.51. The molecule has 58 valence electrons. The zero-order valence-corrected chi connectivity index (χ0v) is 5.98. The van der Waals surface area contributed by atoms with Crippen molar-refractivity contribution in [1.29, 1.82) is 0 Å². The smallest absolute Gasteiger partial charge is 0.252 e. The molecule has 0 aromatic carbocycles. The first kappa shape index (κ1) is 6.53. The van der Waals surface area contributed by atoms with Gasteiger partial charge in [0.1, 0.15) is 0 Å². The second-order valence-electron chi connectivity index (χ2n) is 3.55. The fourth-order valence-corrected chi connectivity index (χ4v) is 2.11. The van der Waals surface area contributed by atoms with Crippen LogP contribution in [0.5, 0.6) is 0 Å². The predicted molar refractivity (Wildman–Crippen MR) is 34.0 cm³/mol. The summed E-state index contributed by atoms with van der Waals surface area (Å²) < 4.78 is 25.3. The van der Waals surface area contributed by atoms with E-state index in [1.165, 1.54) is 0 Å². The molecule has 0 aromatic rings. The zero-order chi connectivity index (χ0) is 7.35. The van der Waals surface area contributed by atoms with Gasteiger partial charge in [0.25, 0.3) is 5.92 Å². The van der Waals surface area contributed by atoms with E-state index in [0.29, 0.717) is 12.5 Å². The Morgan fingerprint density at radius 1 is 1.40 bits per heavy atom. The van der Waals surface area contributed by atoms with E-state index in [0.717, 1.165) is 6.54 Å². The molecule has 2 atom stereocenters. The van der Waals surface area contributed by atoms with Gasteiger partial charge in [-0.1, -0.05) is 0 Å². The molecule has 2 fully saturated rings. The zero-order valence-electron chi connectivity index (χ0n) is 5.98. The number of nitrogens with zero attached hydrogens (tertiary/aromatic N) is 1. The molecule has 10 heavy (non-hydrogen) atoms. The van der Waals surface area contributed by atoms with Gasteiger partial charge in [-0.15, -0.1) is 0 Å². The van der Waals surface area contributed by atoms with Crippen LogP contribution in [0, 0.1) is 11.8 Å². The molecule has 0 bridgehead atoms. The van der Waals surface area contributed by atoms with Crippen LogP contribution in [0.2, 0.25) is 0 Å². The molecule has 2 rings (SSSR count). The average molecular weight is 147 g/mol. The lowest BCUT2D eigenvalue weighted by molar-refractivity contribution is -0.152. The quantitative estimate of drug-likeness (QED) is 0.497. The Morgan fingerprint density at radius 3 is 2.50 bits per heavy atom. The number of likely N-dealkylation sites (tertiary alicyclic amines) is 1. The van der Waals surface area contributed by atoms with E-state index in [9.17, 15) is 8.78 Å². The number of rotatable bonds is 0. The Hall–Kier alpha value is -0.180. The molecular formula is C7H11F2N. The van der Waals surface area contributed by atoms with Crippen LogP contribution in [0.3, 0.4) is 0 Å². The Labute approximate surface area is 59.0 Å². The van der Waals surface area contributed by atoms with Gasteiger partial charge in [-0.3, -0.25) is 0 Å². The highest BCUT2D eigenvalue weighted by Gasteiger charge is 2.58. The van der Waals surface area contributed by atoms with E-state index in [-0.39, 0.29) is 12.3 Å². The molecule has 1 nitrogen and oxygen atoms in total. The third-order valence-corrected chi connectivity index (χ3v) is 2.70. The number of fused-ring (bicyclic) bond motifs is 1. The second-order valence-corrected chi connectivity index (χ2v) is 3.55. The standard InChI is InChI=1S/C7H11F2N/c1-10-3-5-2-7(8,9)6(5)4-10/h5-6H,2-4H2,1H3/t5-,6-/m0/s1. The van der Waals surface area contributed by atoms with Gasteiger partial charge in [0.15, 0.2) is 0 Å². The maximum Gasteiger partial charge on any atom is 0.252 e. The molecule has 1 saturated heterocycles. The van der Waals surface area contributed by atoms with E-state index < -0.39 is 5.92 Å². The van der Waals surface area contributed by atoms with E-state index >= 15 is 0 Å². The molecule has 0 amide bonds. The lowest BCUT2D eigenvalue weighted by Gasteiger charge is -2.38. The van der Waals surface area contributed by atoms with Crippen molar-refractivity contribution in [3.05, 3.63) is 0 Å². The summed E-state index contributed by atoms with van der Waals surface area (Å²) in [4.78, 5) is 2.00. The van der Waals surface area contributed by atoms with Crippen molar-refractivity contribution in [2.45, 2.75) is 12.3 Å². The minimum absolute atomic E-state index is 0.127. The molecule has 1 saturated carbocycles. The molecule has 3 heteroatoms. The molecule has 1 aliphatic carbocycles. The fraction of sp³-hybridized carbons (Fsp3) is 1.00. The van der Waals surface area contributed by atoms with Crippen molar-refractivity contribution in [2.24, 2.45) is 11.8 Å². The van der Waals surface area contributed by atoms with Crippen molar-refractivity contribution in [3.63, 3.8) is 0 Å². The van der Waals surface area contributed by atoms with Crippen molar-refractivity contribution in [1.82, 2.24) is 4.90 Å². The maximum atomic E-state index is 12.6. The minimum atomic E-state index is -2.34. The van der Waals surface area contributed by atoms with E-state index in [4.69, 9.17) is 0 Å². The van der Waals surface area contributed by atoms with Gasteiger partial charge >= 0.3 is 0 Å². The SMILES string of the molecule is CN1C[C@@H]2CC(F)(F)[C@H]2C1. The Bertz CT molecular complexity index is 158. The van der Waals surface area contributed by atoms with Gasteiger partial charge in [-0.05, 0) is 13.0 Å². The lowest BCUT2D eigenvalue weighted by Crippen LogP contribution is -2.46. The first-order valence-electron chi connectivity index (χ1n) is 3.66. The van der Waals surface area contributed by atoms with Crippen LogP contribution in [-0.4, -0.2) is 31.0 Å². The summed E-state index contributed by atoms with van der Waals surface area (Å²) in [5.74, 6) is -2.37. The number of alkyl halides is 2. The fourth-order valence-electron chi connectivity index (χ4n) is 2.11. The number of hydrogen-bond acceptors (Lipinski definition) is 1. The van der Waals surface area contributed by atoms with Crippen molar-refractivity contribution in [3.8, 4) is 0 Å². The first-order valence-corrected chi connectivity index (χ1v) is 3.66. The van der Waals surface area contributed by atoms with Crippen LogP contribution >= 0.6 is 0 Å². The van der Waals surface area contributed by atoms with Gasteiger partial charge in [-0.25, -0.2) is 8.78 Å². The third kappa shape index (κ3) is 0.698. The van der Waals surface area contributed by atoms with Gasteiger partial charge < -0.3 is 4.90 Å². The molecule has 0 unspecified atom stereocenters. The van der Waals surface area contributed by atoms with Crippen LogP contribution in [0.4, 0.5) is 8.78 Å². The summed E-state index contributed by atoms with van der Waals surface area (Å²) in [6, 6.07) is 0. The largest absolute Gasteiger partial charge is 0.306 e. The lowest BCUT2D eigenvalue weighted by atomic mass is 9.72. The highest BCUT2D eigenvalue weighted by molar-refractivity contribution is 5.01. The molecule has 1 heterocycles. The van der Waals surface area contributed by atoms with Gasteiger partial charge in [-0.2, -0.15) is 0 Å². The van der Waals surface area contributed by atoms with Gasteiger partial charge in [0, 0.05) is 25.4 Å². The summed E-state index contributed by atoms with van der Waals surface area (Å²) in [6.45, 7) is 1.47. The minimum Gasteiger partial charge on any atom is -0.306 e. The normalized spacial score (nSPS) is 44.7. The summed E-state index contributed by atoms with van der Waals surface area (Å²) in [7, 11) is 1.91. The van der Waals surface area contributed by atoms with E-state index in [2.05, 4.69) is 0 Å². The molecule has 1 aliphatic heterocycles. The van der Waals surface area contributed by atoms with Crippen molar-refractivity contribution < 1.29 is 8.78 Å². The van der Waals surface area contributed by atoms with Crippen molar-refractivity contribution >= 4 is 0 Å². The summed E-state index contributed by atoms with van der Waals surface area (Å²) in [5, 5.41) is 0. The molecule has 0 aromatic heterocycles. The van der Waals surface area contributed by atoms with Crippen LogP contribution in [0.15, 0.2) is 0 Å². The molecular weight excluding hydrogens is 136 g/mol. The second kappa shape index (κ2) is 1.70. The van der Waals surface area contributed by atoms with Crippen molar-refractivity contribution in [2.75, 3.05) is 20.1 Å². The Morgan fingerprint density at radius 2 is 2.10 bits per heavy atom. The molecule has 0 spiro atoms. The maximum absolute atomic E-state index is 12.6. The predicted octanol–water partition coefficient (Wildman–Crippen LogP) is 1.20. The highest BCUT2D eigenvalue weighted by atomic mass is 19.3. The average Bonchev–Trinajstić information content (AvgIpc) is 2.08. The molecule has 2 aliphatic rings. The Balaban J connectivity index is 2.06. The van der Waals surface area contributed by atoms with Crippen LogP contribution in [0.25, 0.3) is 0 Å². The van der Waals surface area contributed by atoms with E-state index in [1.54, 1.807) is 0 Å². The monoisotopic (exact) mass is 147 g/mol. The third-order valence-electron chi connectivity index (χ3n) is 2.70. The first-order chi connectivity index (χ1) is 4.59. The topological polar surface area (TPSA) is 3.24 Å². The number of hydrogen-bond donors (Lipinski definition) is 0. The summed E-state index contributed by atoms with van der Waals surface area (Å²) in [6.07, 6.45) is 0.127. The summed E-state index contributed by atoms with van der Waals surface area (Å²) in [5.41, 5.74) is 0. The Kier molecular flexibility index (Phi) is 1.11. The number of halogens is 2. The summed E-state index contributed by atoms with van der Waals surface area (Å²) >= 11 is 0.